The topological polar surface area (TPSA) is 9.23 Å². The van der Waals surface area contributed by atoms with Gasteiger partial charge in [0.2, 0.25) is 0 Å². The summed E-state index contributed by atoms with van der Waals surface area (Å²) in [7, 11) is 0. The minimum atomic E-state index is 0.796. The Bertz CT molecular complexity index is 84.6. The molecule has 0 rings (SSSR count). The highest BCUT2D eigenvalue weighted by Gasteiger charge is 1.85. The summed E-state index contributed by atoms with van der Waals surface area (Å²) in [5, 5.41) is 0. The highest BCUT2D eigenvalue weighted by molar-refractivity contribution is 4.95. The highest BCUT2D eigenvalue weighted by atomic mass is 16.5. The average Bonchev–Trinajstić information content (AvgIpc) is 1.89. The lowest BCUT2D eigenvalue weighted by Gasteiger charge is -2.00. The van der Waals surface area contributed by atoms with Crippen LogP contribution < -0.4 is 0 Å². The van der Waals surface area contributed by atoms with E-state index in [1.807, 2.05) is 6.92 Å². The van der Waals surface area contributed by atoms with Gasteiger partial charge >= 0.3 is 0 Å². The van der Waals surface area contributed by atoms with Gasteiger partial charge in [-0.05, 0) is 20.3 Å². The van der Waals surface area contributed by atoms with E-state index in [0.717, 1.165) is 19.6 Å². The lowest BCUT2D eigenvalue weighted by atomic mass is 10.3. The number of rotatable bonds is 4. The summed E-state index contributed by atoms with van der Waals surface area (Å²) in [5.41, 5.74) is 1.31. The Morgan fingerprint density at radius 2 is 2.22 bits per heavy atom. The number of hydrogen-bond donors (Lipinski definition) is 0. The largest absolute Gasteiger partial charge is 0.377 e. The summed E-state index contributed by atoms with van der Waals surface area (Å²) < 4.78 is 5.27. The Morgan fingerprint density at radius 3 is 2.67 bits per heavy atom. The van der Waals surface area contributed by atoms with E-state index in [1.54, 1.807) is 0 Å². The Kier molecular flexibility index (Phi) is 5.64. The third kappa shape index (κ3) is 5.57. The maximum absolute atomic E-state index is 5.27. The molecule has 0 amide bonds. The zero-order valence-electron chi connectivity index (χ0n) is 6.61. The van der Waals surface area contributed by atoms with E-state index < -0.39 is 0 Å². The highest BCUT2D eigenvalue weighted by Crippen LogP contribution is 1.92. The molecule has 0 aromatic carbocycles. The SMILES string of the molecule is CC=C(C)COCCC. The van der Waals surface area contributed by atoms with Crippen molar-refractivity contribution < 1.29 is 4.74 Å². The normalized spacial score (nSPS) is 12.1. The molecule has 0 aromatic heterocycles. The van der Waals surface area contributed by atoms with E-state index in [2.05, 4.69) is 19.9 Å². The van der Waals surface area contributed by atoms with Crippen LogP contribution in [0.5, 0.6) is 0 Å². The van der Waals surface area contributed by atoms with Gasteiger partial charge in [0.1, 0.15) is 0 Å². The maximum Gasteiger partial charge on any atom is 0.0673 e. The van der Waals surface area contributed by atoms with Gasteiger partial charge in [-0.2, -0.15) is 0 Å². The van der Waals surface area contributed by atoms with E-state index in [0.29, 0.717) is 0 Å². The van der Waals surface area contributed by atoms with Crippen molar-refractivity contribution in [2.75, 3.05) is 13.2 Å². The van der Waals surface area contributed by atoms with Gasteiger partial charge in [0.15, 0.2) is 0 Å². The van der Waals surface area contributed by atoms with Crippen LogP contribution in [-0.4, -0.2) is 13.2 Å². The van der Waals surface area contributed by atoms with Crippen LogP contribution in [0.1, 0.15) is 27.2 Å². The lowest BCUT2D eigenvalue weighted by molar-refractivity contribution is 0.157. The second-order valence-electron chi connectivity index (χ2n) is 2.19. The summed E-state index contributed by atoms with van der Waals surface area (Å²) in [5.74, 6) is 0. The molecule has 0 saturated carbocycles. The van der Waals surface area contributed by atoms with Gasteiger partial charge < -0.3 is 4.74 Å². The molecule has 0 saturated heterocycles. The zero-order valence-corrected chi connectivity index (χ0v) is 6.61. The molecule has 0 aliphatic carbocycles. The zero-order chi connectivity index (χ0) is 7.11. The Morgan fingerprint density at radius 1 is 1.56 bits per heavy atom. The minimum absolute atomic E-state index is 0.796. The van der Waals surface area contributed by atoms with E-state index in [-0.39, 0.29) is 0 Å². The molecule has 0 N–H and O–H groups in total. The molecule has 9 heavy (non-hydrogen) atoms. The van der Waals surface area contributed by atoms with Crippen LogP contribution in [0.3, 0.4) is 0 Å². The first kappa shape index (κ1) is 8.70. The van der Waals surface area contributed by atoms with E-state index in [4.69, 9.17) is 4.74 Å². The number of ether oxygens (including phenoxy) is 1. The van der Waals surface area contributed by atoms with Crippen LogP contribution in [0.15, 0.2) is 11.6 Å². The van der Waals surface area contributed by atoms with Gasteiger partial charge in [-0.3, -0.25) is 0 Å². The molecule has 0 radical (unpaired) electrons. The molecule has 0 heterocycles. The van der Waals surface area contributed by atoms with Crippen molar-refractivity contribution in [3.63, 3.8) is 0 Å². The number of allylic oxidation sites excluding steroid dienone is 1. The fourth-order valence-corrected chi connectivity index (χ4v) is 0.461. The van der Waals surface area contributed by atoms with Crippen molar-refractivity contribution in [3.8, 4) is 0 Å². The molecule has 0 aliphatic rings. The predicted molar refractivity (Wildman–Crippen MR) is 40.5 cm³/mol. The van der Waals surface area contributed by atoms with E-state index in [1.165, 1.54) is 5.57 Å². The third-order valence-corrected chi connectivity index (χ3v) is 1.17. The molecule has 0 spiro atoms. The van der Waals surface area contributed by atoms with Crippen molar-refractivity contribution in [1.82, 2.24) is 0 Å². The standard InChI is InChI=1S/C8H16O/c1-4-6-9-7-8(3)5-2/h5H,4,6-7H2,1-3H3. The Balaban J connectivity index is 3.07. The van der Waals surface area contributed by atoms with E-state index >= 15 is 0 Å². The minimum Gasteiger partial charge on any atom is -0.377 e. The van der Waals surface area contributed by atoms with Gasteiger partial charge in [0.25, 0.3) is 0 Å². The van der Waals surface area contributed by atoms with Gasteiger partial charge in [0.05, 0.1) is 6.61 Å². The van der Waals surface area contributed by atoms with Gasteiger partial charge in [-0.1, -0.05) is 18.6 Å². The van der Waals surface area contributed by atoms with Crippen molar-refractivity contribution in [2.24, 2.45) is 0 Å². The molecule has 54 valence electrons. The van der Waals surface area contributed by atoms with Crippen LogP contribution >= 0.6 is 0 Å². The second kappa shape index (κ2) is 5.83. The van der Waals surface area contributed by atoms with Crippen LogP contribution in [0.25, 0.3) is 0 Å². The molecule has 0 fully saturated rings. The van der Waals surface area contributed by atoms with Crippen molar-refractivity contribution >= 4 is 0 Å². The first-order valence-corrected chi connectivity index (χ1v) is 3.50. The fraction of sp³-hybridized carbons (Fsp3) is 0.750. The first-order chi connectivity index (χ1) is 4.31. The van der Waals surface area contributed by atoms with Crippen molar-refractivity contribution in [1.29, 1.82) is 0 Å². The molecular formula is C8H16O. The van der Waals surface area contributed by atoms with Gasteiger partial charge in [0, 0.05) is 6.61 Å². The van der Waals surface area contributed by atoms with Crippen LogP contribution in [0.4, 0.5) is 0 Å². The average molecular weight is 128 g/mol. The molecule has 1 nitrogen and oxygen atoms in total. The molecule has 0 aliphatic heterocycles. The summed E-state index contributed by atoms with van der Waals surface area (Å²) in [4.78, 5) is 0. The van der Waals surface area contributed by atoms with Gasteiger partial charge in [-0.15, -0.1) is 0 Å². The monoisotopic (exact) mass is 128 g/mol. The molecule has 0 bridgehead atoms. The predicted octanol–water partition coefficient (Wildman–Crippen LogP) is 2.38. The van der Waals surface area contributed by atoms with Gasteiger partial charge in [-0.25, -0.2) is 0 Å². The molecule has 1 heteroatoms. The first-order valence-electron chi connectivity index (χ1n) is 3.50. The van der Waals surface area contributed by atoms with Crippen molar-refractivity contribution in [3.05, 3.63) is 11.6 Å². The third-order valence-electron chi connectivity index (χ3n) is 1.17. The van der Waals surface area contributed by atoms with E-state index in [9.17, 15) is 0 Å². The Hall–Kier alpha value is -0.300. The molecule has 0 aromatic rings. The second-order valence-corrected chi connectivity index (χ2v) is 2.19. The summed E-state index contributed by atoms with van der Waals surface area (Å²) >= 11 is 0. The Labute approximate surface area is 57.7 Å². The van der Waals surface area contributed by atoms with Crippen LogP contribution in [-0.2, 0) is 4.74 Å². The quantitative estimate of drug-likeness (QED) is 0.417. The smallest absolute Gasteiger partial charge is 0.0673 e. The van der Waals surface area contributed by atoms with Crippen LogP contribution in [0, 0.1) is 0 Å². The summed E-state index contributed by atoms with van der Waals surface area (Å²) in [6.45, 7) is 7.90. The molecular weight excluding hydrogens is 112 g/mol. The molecule has 0 atom stereocenters. The summed E-state index contributed by atoms with van der Waals surface area (Å²) in [6, 6.07) is 0. The number of hydrogen-bond acceptors (Lipinski definition) is 1. The lowest BCUT2D eigenvalue weighted by Crippen LogP contribution is -1.95. The van der Waals surface area contributed by atoms with Crippen molar-refractivity contribution in [2.45, 2.75) is 27.2 Å². The van der Waals surface area contributed by atoms with Crippen LogP contribution in [0.2, 0.25) is 0 Å². The fourth-order valence-electron chi connectivity index (χ4n) is 0.461. The summed E-state index contributed by atoms with van der Waals surface area (Å²) in [6.07, 6.45) is 3.19. The molecule has 0 unspecified atom stereocenters. The maximum atomic E-state index is 5.27.